The van der Waals surface area contributed by atoms with Crippen LogP contribution in [0.25, 0.3) is 0 Å². The molecule has 3 heterocycles. The largest absolute Gasteiger partial charge is 0.331 e. The minimum atomic E-state index is 0.0106. The molecule has 4 rings (SSSR count). The van der Waals surface area contributed by atoms with Crippen molar-refractivity contribution in [3.05, 3.63) is 70.5 Å². The van der Waals surface area contributed by atoms with Gasteiger partial charge < -0.3 is 9.47 Å². The summed E-state index contributed by atoms with van der Waals surface area (Å²) in [7, 11) is 1.92. The van der Waals surface area contributed by atoms with Crippen molar-refractivity contribution in [3.63, 3.8) is 0 Å². The van der Waals surface area contributed by atoms with Gasteiger partial charge in [-0.2, -0.15) is 5.10 Å². The summed E-state index contributed by atoms with van der Waals surface area (Å²) < 4.78 is 3.85. The maximum absolute atomic E-state index is 12.7. The van der Waals surface area contributed by atoms with Crippen LogP contribution in [0.4, 0.5) is 0 Å². The lowest BCUT2D eigenvalue weighted by Gasteiger charge is -2.16. The first kappa shape index (κ1) is 15.0. The van der Waals surface area contributed by atoms with Gasteiger partial charge in [-0.1, -0.05) is 11.6 Å². The Kier molecular flexibility index (Phi) is 3.61. The van der Waals surface area contributed by atoms with Crippen LogP contribution in [0.15, 0.2) is 43.0 Å². The first-order chi connectivity index (χ1) is 11.6. The highest BCUT2D eigenvalue weighted by Gasteiger charge is 2.30. The molecule has 1 aliphatic heterocycles. The third-order valence-electron chi connectivity index (χ3n) is 4.32. The van der Waals surface area contributed by atoms with Gasteiger partial charge in [-0.3, -0.25) is 9.48 Å². The predicted molar refractivity (Wildman–Crippen MR) is 89.6 cm³/mol. The number of carbonyl (C=O) groups excluding carboxylic acids is 1. The summed E-state index contributed by atoms with van der Waals surface area (Å²) in [6.45, 7) is 1.81. The molecule has 0 spiro atoms. The van der Waals surface area contributed by atoms with Crippen molar-refractivity contribution < 1.29 is 4.79 Å². The van der Waals surface area contributed by atoms with Gasteiger partial charge in [-0.25, -0.2) is 4.98 Å². The highest BCUT2D eigenvalue weighted by molar-refractivity contribution is 6.30. The standard InChI is InChI=1S/C17H16ClN5O/c1-21-16-10-23(17(24)12-2-4-13(18)5-3-12)8-14(16)15(20-21)9-22-7-6-19-11-22/h2-7,11H,8-10H2,1H3. The van der Waals surface area contributed by atoms with Crippen molar-refractivity contribution >= 4 is 17.5 Å². The average molecular weight is 342 g/mol. The normalized spacial score (nSPS) is 13.3. The van der Waals surface area contributed by atoms with E-state index in [0.717, 1.165) is 17.0 Å². The monoisotopic (exact) mass is 341 g/mol. The van der Waals surface area contributed by atoms with Gasteiger partial charge in [0.1, 0.15) is 0 Å². The molecular formula is C17H16ClN5O. The molecule has 1 amide bonds. The SMILES string of the molecule is Cn1nc(Cn2ccnc2)c2c1CN(C(=O)c1ccc(Cl)cc1)C2. The van der Waals surface area contributed by atoms with E-state index in [4.69, 9.17) is 11.6 Å². The summed E-state index contributed by atoms with van der Waals surface area (Å²) >= 11 is 5.90. The van der Waals surface area contributed by atoms with Crippen molar-refractivity contribution in [1.29, 1.82) is 0 Å². The van der Waals surface area contributed by atoms with Crippen LogP contribution in [-0.2, 0) is 26.7 Å². The van der Waals surface area contributed by atoms with Crippen molar-refractivity contribution in [2.45, 2.75) is 19.6 Å². The van der Waals surface area contributed by atoms with E-state index in [1.54, 1.807) is 36.8 Å². The maximum Gasteiger partial charge on any atom is 0.254 e. The summed E-state index contributed by atoms with van der Waals surface area (Å²) in [5.41, 5.74) is 3.86. The van der Waals surface area contributed by atoms with Crippen LogP contribution in [0.3, 0.4) is 0 Å². The van der Waals surface area contributed by atoms with E-state index in [1.165, 1.54) is 0 Å². The molecule has 0 N–H and O–H groups in total. The summed E-state index contributed by atoms with van der Waals surface area (Å²) in [6, 6.07) is 7.00. The minimum absolute atomic E-state index is 0.0106. The molecule has 1 aromatic carbocycles. The Labute approximate surface area is 144 Å². The number of aromatic nitrogens is 4. The second kappa shape index (κ2) is 5.79. The molecular weight excluding hydrogens is 326 g/mol. The fourth-order valence-electron chi connectivity index (χ4n) is 3.07. The predicted octanol–water partition coefficient (Wildman–Crippen LogP) is 2.47. The number of hydrogen-bond donors (Lipinski definition) is 0. The molecule has 0 aliphatic carbocycles. The molecule has 6 nitrogen and oxygen atoms in total. The fourth-order valence-corrected chi connectivity index (χ4v) is 3.20. The first-order valence-electron chi connectivity index (χ1n) is 7.66. The highest BCUT2D eigenvalue weighted by atomic mass is 35.5. The fraction of sp³-hybridized carbons (Fsp3) is 0.235. The second-order valence-electron chi connectivity index (χ2n) is 5.90. The third-order valence-corrected chi connectivity index (χ3v) is 4.57. The Bertz CT molecular complexity index is 883. The molecule has 1 aliphatic rings. The smallest absolute Gasteiger partial charge is 0.254 e. The number of hydrogen-bond acceptors (Lipinski definition) is 3. The maximum atomic E-state index is 12.7. The highest BCUT2D eigenvalue weighted by Crippen LogP contribution is 2.27. The number of rotatable bonds is 3. The second-order valence-corrected chi connectivity index (χ2v) is 6.34. The van der Waals surface area contributed by atoms with Crippen LogP contribution in [0, 0.1) is 0 Å². The van der Waals surface area contributed by atoms with E-state index in [1.807, 2.05) is 27.4 Å². The van der Waals surface area contributed by atoms with E-state index in [0.29, 0.717) is 30.2 Å². The number of carbonyl (C=O) groups is 1. The summed E-state index contributed by atoms with van der Waals surface area (Å²) in [4.78, 5) is 18.6. The zero-order valence-electron chi connectivity index (χ0n) is 13.2. The van der Waals surface area contributed by atoms with Gasteiger partial charge in [0.05, 0.1) is 37.3 Å². The van der Waals surface area contributed by atoms with Crippen molar-refractivity contribution in [2.75, 3.05) is 0 Å². The average Bonchev–Trinajstić information content (AvgIpc) is 3.28. The lowest BCUT2D eigenvalue weighted by molar-refractivity contribution is 0.0748. The molecule has 0 saturated heterocycles. The Morgan fingerprint density at radius 2 is 2.04 bits per heavy atom. The first-order valence-corrected chi connectivity index (χ1v) is 8.04. The van der Waals surface area contributed by atoms with E-state index in [9.17, 15) is 4.79 Å². The van der Waals surface area contributed by atoms with Gasteiger partial charge in [-0.15, -0.1) is 0 Å². The molecule has 0 atom stereocenters. The number of benzene rings is 1. The number of nitrogens with zero attached hydrogens (tertiary/aromatic N) is 5. The third kappa shape index (κ3) is 2.59. The molecule has 2 aromatic heterocycles. The van der Waals surface area contributed by atoms with E-state index >= 15 is 0 Å². The number of fused-ring (bicyclic) bond motifs is 1. The van der Waals surface area contributed by atoms with E-state index in [-0.39, 0.29) is 5.91 Å². The van der Waals surface area contributed by atoms with Crippen LogP contribution >= 0.6 is 11.6 Å². The topological polar surface area (TPSA) is 56.0 Å². The number of aryl methyl sites for hydroxylation is 1. The lowest BCUT2D eigenvalue weighted by atomic mass is 10.2. The zero-order chi connectivity index (χ0) is 16.7. The number of amides is 1. The Balaban J connectivity index is 1.57. The lowest BCUT2D eigenvalue weighted by Crippen LogP contribution is -2.26. The van der Waals surface area contributed by atoms with Crippen LogP contribution < -0.4 is 0 Å². The zero-order valence-corrected chi connectivity index (χ0v) is 13.9. The van der Waals surface area contributed by atoms with E-state index in [2.05, 4.69) is 10.1 Å². The van der Waals surface area contributed by atoms with Gasteiger partial charge in [-0.05, 0) is 24.3 Å². The van der Waals surface area contributed by atoms with Crippen LogP contribution in [0.1, 0.15) is 27.3 Å². The molecule has 7 heteroatoms. The van der Waals surface area contributed by atoms with Gasteiger partial charge >= 0.3 is 0 Å². The molecule has 0 radical (unpaired) electrons. The summed E-state index contributed by atoms with van der Waals surface area (Å²) in [5.74, 6) is 0.0106. The molecule has 0 fully saturated rings. The van der Waals surface area contributed by atoms with Crippen LogP contribution in [-0.4, -0.2) is 30.1 Å². The van der Waals surface area contributed by atoms with Crippen molar-refractivity contribution in [1.82, 2.24) is 24.2 Å². The van der Waals surface area contributed by atoms with Crippen LogP contribution in [0.5, 0.6) is 0 Å². The molecule has 0 unspecified atom stereocenters. The molecule has 0 saturated carbocycles. The van der Waals surface area contributed by atoms with Crippen molar-refractivity contribution in [2.24, 2.45) is 7.05 Å². The Hall–Kier alpha value is -2.60. The summed E-state index contributed by atoms with van der Waals surface area (Å²) in [6.07, 6.45) is 5.43. The van der Waals surface area contributed by atoms with Gasteiger partial charge in [0.15, 0.2) is 0 Å². The quantitative estimate of drug-likeness (QED) is 0.735. The Morgan fingerprint density at radius 1 is 1.25 bits per heavy atom. The Morgan fingerprint density at radius 3 is 2.75 bits per heavy atom. The molecule has 24 heavy (non-hydrogen) atoms. The van der Waals surface area contributed by atoms with Gasteiger partial charge in [0, 0.05) is 35.6 Å². The number of halogens is 1. The minimum Gasteiger partial charge on any atom is -0.331 e. The van der Waals surface area contributed by atoms with E-state index < -0.39 is 0 Å². The molecule has 122 valence electrons. The number of imidazole rings is 1. The van der Waals surface area contributed by atoms with Gasteiger partial charge in [0.25, 0.3) is 5.91 Å². The molecule has 0 bridgehead atoms. The van der Waals surface area contributed by atoms with Gasteiger partial charge in [0.2, 0.25) is 0 Å². The van der Waals surface area contributed by atoms with Crippen molar-refractivity contribution in [3.8, 4) is 0 Å². The van der Waals surface area contributed by atoms with Crippen LogP contribution in [0.2, 0.25) is 5.02 Å². The summed E-state index contributed by atoms with van der Waals surface area (Å²) in [5, 5.41) is 5.23. The molecule has 3 aromatic rings.